The average Bonchev–Trinajstić information content (AvgIpc) is 3.09. The molecule has 1 saturated heterocycles. The zero-order chi connectivity index (χ0) is 38.8. The summed E-state index contributed by atoms with van der Waals surface area (Å²) in [6, 6.07) is 4.28. The van der Waals surface area contributed by atoms with Crippen LogP contribution in [0.1, 0.15) is 36.2 Å². The van der Waals surface area contributed by atoms with Gasteiger partial charge in [-0.1, -0.05) is 19.9 Å². The first-order chi connectivity index (χ1) is 24.9. The van der Waals surface area contributed by atoms with Crippen molar-refractivity contribution in [1.29, 1.82) is 0 Å². The molecule has 0 aliphatic carbocycles. The number of rotatable bonds is 10. The van der Waals surface area contributed by atoms with E-state index in [9.17, 15) is 41.0 Å². The Kier molecular flexibility index (Phi) is 11.6. The largest absolute Gasteiger partial charge is 0.510 e. The van der Waals surface area contributed by atoms with Crippen LogP contribution in [0, 0.1) is 18.7 Å². The molecule has 5 rings (SSSR count). The van der Waals surface area contributed by atoms with Gasteiger partial charge in [0.25, 0.3) is 11.8 Å². The van der Waals surface area contributed by atoms with Gasteiger partial charge in [-0.25, -0.2) is 19.4 Å². The Labute approximate surface area is 300 Å². The van der Waals surface area contributed by atoms with Crippen molar-refractivity contribution in [2.75, 3.05) is 51.8 Å². The summed E-state index contributed by atoms with van der Waals surface area (Å²) in [7, 11) is 1.46. The fourth-order valence-corrected chi connectivity index (χ4v) is 6.16. The lowest BCUT2D eigenvalue weighted by molar-refractivity contribution is -0.155. The van der Waals surface area contributed by atoms with Gasteiger partial charge in [-0.2, -0.15) is 26.3 Å². The van der Waals surface area contributed by atoms with Crippen LogP contribution in [0.3, 0.4) is 0 Å². The van der Waals surface area contributed by atoms with E-state index in [1.165, 1.54) is 25.0 Å². The summed E-state index contributed by atoms with van der Waals surface area (Å²) in [6.45, 7) is 8.15. The molecule has 53 heavy (non-hydrogen) atoms. The number of hydrazine groups is 1. The van der Waals surface area contributed by atoms with Crippen molar-refractivity contribution >= 4 is 17.5 Å². The molecule has 0 bridgehead atoms. The smallest absolute Gasteiger partial charge is 0.433 e. The second-order valence-electron chi connectivity index (χ2n) is 12.8. The molecule has 2 N–H and O–H groups in total. The van der Waals surface area contributed by atoms with Crippen LogP contribution in [0.25, 0.3) is 11.3 Å². The molecule has 0 saturated carbocycles. The molecule has 1 atom stereocenters. The summed E-state index contributed by atoms with van der Waals surface area (Å²) >= 11 is 0. The quantitative estimate of drug-likeness (QED) is 0.190. The van der Waals surface area contributed by atoms with Crippen LogP contribution in [0.5, 0.6) is 5.75 Å². The summed E-state index contributed by atoms with van der Waals surface area (Å²) in [5.74, 6) is -3.82. The first kappa shape index (κ1) is 39.4. The van der Waals surface area contributed by atoms with Gasteiger partial charge in [-0.15, -0.1) is 0 Å². The minimum atomic E-state index is -4.97. The number of hydrogen-bond acceptors (Lipinski definition) is 9. The number of hydrogen-bond donors (Lipinski definition) is 2. The summed E-state index contributed by atoms with van der Waals surface area (Å²) in [6.07, 6.45) is -9.38. The second kappa shape index (κ2) is 15.7. The molecule has 3 aromatic rings. The molecule has 2 aliphatic heterocycles. The molecule has 0 radical (unpaired) electrons. The van der Waals surface area contributed by atoms with Gasteiger partial charge < -0.3 is 19.9 Å². The number of ether oxygens (including phenoxy) is 2. The maximum absolute atomic E-state index is 15.8. The number of aliphatic hydroxyl groups excluding tert-OH is 1. The zero-order valence-electron chi connectivity index (χ0n) is 29.1. The molecule has 11 nitrogen and oxygen atoms in total. The van der Waals surface area contributed by atoms with E-state index < -0.39 is 88.0 Å². The van der Waals surface area contributed by atoms with E-state index in [1.54, 1.807) is 19.9 Å². The van der Waals surface area contributed by atoms with Crippen molar-refractivity contribution in [3.8, 4) is 17.0 Å². The van der Waals surface area contributed by atoms with Crippen LogP contribution in [0.4, 0.5) is 36.4 Å². The third-order valence-corrected chi connectivity index (χ3v) is 8.96. The predicted octanol–water partition coefficient (Wildman–Crippen LogP) is 6.00. The predicted molar refractivity (Wildman–Crippen MR) is 177 cm³/mol. The fraction of sp³-hybridized carbons (Fsp3) is 0.429. The Balaban J connectivity index is 1.44. The number of morpholine rings is 1. The van der Waals surface area contributed by atoms with E-state index >= 15 is 4.39 Å². The topological polar surface area (TPSA) is 120 Å². The molecule has 1 unspecified atom stereocenters. The number of benzene rings is 2. The minimum absolute atomic E-state index is 0.0566. The Morgan fingerprint density at radius 1 is 1.06 bits per heavy atom. The van der Waals surface area contributed by atoms with Gasteiger partial charge in [0.1, 0.15) is 41.5 Å². The molecule has 286 valence electrons. The summed E-state index contributed by atoms with van der Waals surface area (Å²) < 4.78 is 108. The molecule has 2 aliphatic rings. The first-order valence-electron chi connectivity index (χ1n) is 16.5. The fourth-order valence-electron chi connectivity index (χ4n) is 6.16. The lowest BCUT2D eigenvalue weighted by Gasteiger charge is -2.43. The SMILES string of the molecule is Cc1c(OCCN2CCOCC2)ccc(CN2C(=O)C(C(=O)Nc3ccc(C(F)(F)F)cc3-c3cc(C(F)(F)F)ncn3)=C(O)C(C(C)C)N2C)c1F. The molecule has 2 amide bonds. The Hall–Kier alpha value is -4.81. The van der Waals surface area contributed by atoms with Crippen LogP contribution in [-0.4, -0.2) is 94.4 Å². The van der Waals surface area contributed by atoms with E-state index in [0.717, 1.165) is 24.2 Å². The van der Waals surface area contributed by atoms with E-state index in [1.807, 2.05) is 0 Å². The number of aromatic nitrogens is 2. The zero-order valence-corrected chi connectivity index (χ0v) is 29.1. The number of likely N-dealkylation sites (N-methyl/N-ethyl adjacent to an activating group) is 1. The maximum Gasteiger partial charge on any atom is 0.433 e. The van der Waals surface area contributed by atoms with Crippen LogP contribution >= 0.6 is 0 Å². The Morgan fingerprint density at radius 3 is 2.40 bits per heavy atom. The molecule has 1 aromatic heterocycles. The third-order valence-electron chi connectivity index (χ3n) is 8.96. The molecular weight excluding hydrogens is 717 g/mol. The molecule has 1 fully saturated rings. The van der Waals surface area contributed by atoms with E-state index in [2.05, 4.69) is 20.2 Å². The number of halogens is 7. The number of anilines is 1. The Bertz CT molecular complexity index is 1880. The minimum Gasteiger partial charge on any atom is -0.510 e. The number of carbonyl (C=O) groups excluding carboxylic acids is 2. The van der Waals surface area contributed by atoms with Gasteiger partial charge >= 0.3 is 12.4 Å². The second-order valence-corrected chi connectivity index (χ2v) is 12.8. The molecule has 2 aromatic carbocycles. The molecular formula is C35H37F7N6O5. The monoisotopic (exact) mass is 754 g/mol. The van der Waals surface area contributed by atoms with Gasteiger partial charge in [0.2, 0.25) is 0 Å². The molecule has 3 heterocycles. The molecule has 18 heteroatoms. The van der Waals surface area contributed by atoms with E-state index in [-0.39, 0.29) is 11.1 Å². The van der Waals surface area contributed by atoms with Crippen molar-refractivity contribution in [3.05, 3.63) is 82.3 Å². The number of alkyl halides is 6. The number of nitrogens with one attached hydrogen (secondary N) is 1. The molecule has 0 spiro atoms. The van der Waals surface area contributed by atoms with Crippen molar-refractivity contribution in [1.82, 2.24) is 24.9 Å². The number of aliphatic hydroxyl groups is 1. The van der Waals surface area contributed by atoms with E-state index in [4.69, 9.17) is 9.47 Å². The lowest BCUT2D eigenvalue weighted by Crippen LogP contribution is -2.57. The van der Waals surface area contributed by atoms with Crippen molar-refractivity contribution in [2.24, 2.45) is 5.92 Å². The van der Waals surface area contributed by atoms with Gasteiger partial charge in [-0.3, -0.25) is 19.5 Å². The summed E-state index contributed by atoms with van der Waals surface area (Å²) in [4.78, 5) is 36.7. The third kappa shape index (κ3) is 8.71. The van der Waals surface area contributed by atoms with Crippen molar-refractivity contribution in [2.45, 2.75) is 45.7 Å². The highest BCUT2D eigenvalue weighted by Crippen LogP contribution is 2.38. The maximum atomic E-state index is 15.8. The van der Waals surface area contributed by atoms with Gasteiger partial charge in [0.15, 0.2) is 0 Å². The highest BCUT2D eigenvalue weighted by molar-refractivity contribution is 6.24. The highest BCUT2D eigenvalue weighted by Gasteiger charge is 2.43. The van der Waals surface area contributed by atoms with Gasteiger partial charge in [-0.05, 0) is 43.2 Å². The Morgan fingerprint density at radius 2 is 1.75 bits per heavy atom. The standard InChI is InChI=1S/C35H37F7N6O5/c1-19(2)30-31(49)28(32(50)45-24-7-6-22(34(37,38)39)15-23(24)25-16-27(35(40,41)42)44-18-43-25)33(51)48(46(30)4)17-21-5-8-26(20(3)29(21)36)53-14-11-47-9-12-52-13-10-47/h5-8,15-16,18-19,30,49H,9-14,17H2,1-4H3,(H,45,50). The van der Waals surface area contributed by atoms with E-state index in [0.29, 0.717) is 56.6 Å². The summed E-state index contributed by atoms with van der Waals surface area (Å²) in [5, 5.41) is 16.0. The summed E-state index contributed by atoms with van der Waals surface area (Å²) in [5.41, 5.74) is -4.89. The van der Waals surface area contributed by atoms with Crippen LogP contribution < -0.4 is 10.1 Å². The van der Waals surface area contributed by atoms with Crippen LogP contribution in [0.15, 0.2) is 54.1 Å². The normalized spacial score (nSPS) is 17.8. The van der Waals surface area contributed by atoms with Crippen molar-refractivity contribution in [3.63, 3.8) is 0 Å². The number of amides is 2. The highest BCUT2D eigenvalue weighted by atomic mass is 19.4. The van der Waals surface area contributed by atoms with Crippen molar-refractivity contribution < 1.29 is 54.9 Å². The number of nitrogens with zero attached hydrogens (tertiary/aromatic N) is 5. The van der Waals surface area contributed by atoms with Crippen LogP contribution in [-0.2, 0) is 33.2 Å². The lowest BCUT2D eigenvalue weighted by atomic mass is 9.95. The van der Waals surface area contributed by atoms with Gasteiger partial charge in [0, 0.05) is 43.4 Å². The average molecular weight is 755 g/mol. The first-order valence-corrected chi connectivity index (χ1v) is 16.5. The van der Waals surface area contributed by atoms with Crippen LogP contribution in [0.2, 0.25) is 0 Å². The number of carbonyl (C=O) groups is 2. The van der Waals surface area contributed by atoms with Gasteiger partial charge in [0.05, 0.1) is 42.7 Å².